The molecule has 0 spiro atoms. The normalized spacial score (nSPS) is 22.7. The van der Waals surface area contributed by atoms with Crippen LogP contribution in [0.2, 0.25) is 0 Å². The standard InChI is InChI=1S/C17H22N2O3/c1-2-18-7-9-19(10-8-18)16(20)17(5-6-17)13-3-4-14-15(11-13)22-12-21-14/h3-4,11H,2,5-10,12H2,1H3. The van der Waals surface area contributed by atoms with E-state index in [1.165, 1.54) is 0 Å². The maximum Gasteiger partial charge on any atom is 0.233 e. The Morgan fingerprint density at radius 1 is 1.14 bits per heavy atom. The minimum atomic E-state index is -0.310. The molecule has 2 aliphatic heterocycles. The summed E-state index contributed by atoms with van der Waals surface area (Å²) in [5.41, 5.74) is 0.773. The topological polar surface area (TPSA) is 42.0 Å². The molecule has 5 heteroatoms. The lowest BCUT2D eigenvalue weighted by Gasteiger charge is -2.36. The number of piperazine rings is 1. The monoisotopic (exact) mass is 302 g/mol. The molecule has 1 saturated carbocycles. The Balaban J connectivity index is 1.53. The van der Waals surface area contributed by atoms with Gasteiger partial charge in [-0.15, -0.1) is 0 Å². The highest BCUT2D eigenvalue weighted by molar-refractivity contribution is 5.91. The van der Waals surface area contributed by atoms with Crippen molar-refractivity contribution in [1.82, 2.24) is 9.80 Å². The average Bonchev–Trinajstić information content (AvgIpc) is 3.25. The molecular formula is C17H22N2O3. The van der Waals surface area contributed by atoms with E-state index in [0.29, 0.717) is 5.91 Å². The molecule has 0 bridgehead atoms. The van der Waals surface area contributed by atoms with Gasteiger partial charge < -0.3 is 19.3 Å². The first kappa shape index (κ1) is 13.9. The third kappa shape index (κ3) is 2.15. The second-order valence-electron chi connectivity index (χ2n) is 6.38. The zero-order valence-electron chi connectivity index (χ0n) is 13.0. The molecule has 3 aliphatic rings. The smallest absolute Gasteiger partial charge is 0.233 e. The number of hydrogen-bond acceptors (Lipinski definition) is 4. The molecule has 0 atom stereocenters. The number of nitrogens with zero attached hydrogens (tertiary/aromatic N) is 2. The lowest BCUT2D eigenvalue weighted by molar-refractivity contribution is -0.135. The Hall–Kier alpha value is -1.75. The molecule has 1 amide bonds. The van der Waals surface area contributed by atoms with Crippen LogP contribution >= 0.6 is 0 Å². The fraction of sp³-hybridized carbons (Fsp3) is 0.588. The van der Waals surface area contributed by atoms with E-state index < -0.39 is 0 Å². The van der Waals surface area contributed by atoms with Gasteiger partial charge in [-0.25, -0.2) is 0 Å². The summed E-state index contributed by atoms with van der Waals surface area (Å²) in [6.45, 7) is 7.18. The summed E-state index contributed by atoms with van der Waals surface area (Å²) >= 11 is 0. The Labute approximate surface area is 130 Å². The van der Waals surface area contributed by atoms with Crippen LogP contribution in [0.3, 0.4) is 0 Å². The van der Waals surface area contributed by atoms with E-state index in [1.54, 1.807) is 0 Å². The number of amides is 1. The van der Waals surface area contributed by atoms with Gasteiger partial charge in [-0.3, -0.25) is 4.79 Å². The SMILES string of the molecule is CCN1CCN(C(=O)C2(c3ccc4c(c3)OCO4)CC2)CC1. The Kier molecular flexibility index (Phi) is 3.26. The minimum absolute atomic E-state index is 0.276. The highest BCUT2D eigenvalue weighted by Gasteiger charge is 2.53. The summed E-state index contributed by atoms with van der Waals surface area (Å²) in [6.07, 6.45) is 1.89. The van der Waals surface area contributed by atoms with E-state index in [0.717, 1.165) is 62.6 Å². The van der Waals surface area contributed by atoms with Gasteiger partial charge >= 0.3 is 0 Å². The van der Waals surface area contributed by atoms with Crippen LogP contribution in [-0.4, -0.2) is 55.2 Å². The van der Waals surface area contributed by atoms with Crippen molar-refractivity contribution in [2.24, 2.45) is 0 Å². The molecule has 4 rings (SSSR count). The van der Waals surface area contributed by atoms with Crippen LogP contribution in [0, 0.1) is 0 Å². The predicted molar refractivity (Wildman–Crippen MR) is 82.2 cm³/mol. The zero-order chi connectivity index (χ0) is 15.2. The van der Waals surface area contributed by atoms with Gasteiger partial charge in [0.2, 0.25) is 12.7 Å². The van der Waals surface area contributed by atoms with E-state index in [-0.39, 0.29) is 12.2 Å². The number of rotatable bonds is 3. The van der Waals surface area contributed by atoms with Crippen LogP contribution in [0.5, 0.6) is 11.5 Å². The van der Waals surface area contributed by atoms with E-state index in [2.05, 4.69) is 11.8 Å². The van der Waals surface area contributed by atoms with Gasteiger partial charge in [0.25, 0.3) is 0 Å². The second kappa shape index (κ2) is 5.16. The largest absolute Gasteiger partial charge is 0.454 e. The van der Waals surface area contributed by atoms with Crippen molar-refractivity contribution < 1.29 is 14.3 Å². The van der Waals surface area contributed by atoms with Crippen molar-refractivity contribution >= 4 is 5.91 Å². The van der Waals surface area contributed by atoms with Crippen LogP contribution < -0.4 is 9.47 Å². The lowest BCUT2D eigenvalue weighted by Crippen LogP contribution is -2.51. The first-order chi connectivity index (χ1) is 10.7. The van der Waals surface area contributed by atoms with Crippen LogP contribution in [0.4, 0.5) is 0 Å². The molecule has 2 fully saturated rings. The Morgan fingerprint density at radius 2 is 1.86 bits per heavy atom. The first-order valence-corrected chi connectivity index (χ1v) is 8.15. The Bertz CT molecular complexity index is 590. The number of fused-ring (bicyclic) bond motifs is 1. The minimum Gasteiger partial charge on any atom is -0.454 e. The van der Waals surface area contributed by atoms with Gasteiger partial charge in [-0.1, -0.05) is 13.0 Å². The maximum atomic E-state index is 13.0. The van der Waals surface area contributed by atoms with Crippen molar-refractivity contribution in [2.45, 2.75) is 25.2 Å². The van der Waals surface area contributed by atoms with Gasteiger partial charge in [0.15, 0.2) is 11.5 Å². The summed E-state index contributed by atoms with van der Waals surface area (Å²) in [5.74, 6) is 1.85. The molecule has 5 nitrogen and oxygen atoms in total. The van der Waals surface area contributed by atoms with Crippen LogP contribution in [0.25, 0.3) is 0 Å². The zero-order valence-corrected chi connectivity index (χ0v) is 13.0. The highest BCUT2D eigenvalue weighted by Crippen LogP contribution is 2.51. The molecular weight excluding hydrogens is 280 g/mol. The summed E-state index contributed by atoms with van der Waals surface area (Å²) in [6, 6.07) is 5.95. The molecule has 0 N–H and O–H groups in total. The van der Waals surface area contributed by atoms with Gasteiger partial charge in [-0.05, 0) is 37.1 Å². The fourth-order valence-electron chi connectivity index (χ4n) is 3.52. The number of carbonyl (C=O) groups excluding carboxylic acids is 1. The van der Waals surface area contributed by atoms with Gasteiger partial charge in [-0.2, -0.15) is 0 Å². The van der Waals surface area contributed by atoms with E-state index in [1.807, 2.05) is 23.1 Å². The van der Waals surface area contributed by atoms with E-state index in [4.69, 9.17) is 9.47 Å². The van der Waals surface area contributed by atoms with Gasteiger partial charge in [0.1, 0.15) is 0 Å². The van der Waals surface area contributed by atoms with Crippen LogP contribution in [0.15, 0.2) is 18.2 Å². The van der Waals surface area contributed by atoms with Gasteiger partial charge in [0.05, 0.1) is 5.41 Å². The van der Waals surface area contributed by atoms with Crippen molar-refractivity contribution in [2.75, 3.05) is 39.5 Å². The molecule has 0 unspecified atom stereocenters. The van der Waals surface area contributed by atoms with Crippen LogP contribution in [0.1, 0.15) is 25.3 Å². The summed E-state index contributed by atoms with van der Waals surface area (Å²) < 4.78 is 10.8. The molecule has 2 heterocycles. The third-order valence-corrected chi connectivity index (χ3v) is 5.19. The van der Waals surface area contributed by atoms with E-state index >= 15 is 0 Å². The highest BCUT2D eigenvalue weighted by atomic mass is 16.7. The van der Waals surface area contributed by atoms with Crippen molar-refractivity contribution in [3.05, 3.63) is 23.8 Å². The van der Waals surface area contributed by atoms with Crippen molar-refractivity contribution in [1.29, 1.82) is 0 Å². The third-order valence-electron chi connectivity index (χ3n) is 5.19. The lowest BCUT2D eigenvalue weighted by atomic mass is 9.93. The number of carbonyl (C=O) groups is 1. The van der Waals surface area contributed by atoms with Crippen LogP contribution in [-0.2, 0) is 10.2 Å². The quantitative estimate of drug-likeness (QED) is 0.851. The second-order valence-corrected chi connectivity index (χ2v) is 6.38. The molecule has 1 aromatic rings. The van der Waals surface area contributed by atoms with Crippen molar-refractivity contribution in [3.63, 3.8) is 0 Å². The molecule has 1 aromatic carbocycles. The summed E-state index contributed by atoms with van der Waals surface area (Å²) in [7, 11) is 0. The van der Waals surface area contributed by atoms with E-state index in [9.17, 15) is 4.79 Å². The fourth-order valence-corrected chi connectivity index (χ4v) is 3.52. The van der Waals surface area contributed by atoms with Crippen molar-refractivity contribution in [3.8, 4) is 11.5 Å². The molecule has 118 valence electrons. The average molecular weight is 302 g/mol. The maximum absolute atomic E-state index is 13.0. The molecule has 1 aliphatic carbocycles. The summed E-state index contributed by atoms with van der Waals surface area (Å²) in [5, 5.41) is 0. The molecule has 22 heavy (non-hydrogen) atoms. The summed E-state index contributed by atoms with van der Waals surface area (Å²) in [4.78, 5) is 17.5. The number of benzene rings is 1. The number of hydrogen-bond donors (Lipinski definition) is 0. The molecule has 0 aromatic heterocycles. The Morgan fingerprint density at radius 3 is 2.55 bits per heavy atom. The number of likely N-dealkylation sites (N-methyl/N-ethyl adjacent to an activating group) is 1. The number of ether oxygens (including phenoxy) is 2. The van der Waals surface area contributed by atoms with Gasteiger partial charge in [0, 0.05) is 26.2 Å². The predicted octanol–water partition coefficient (Wildman–Crippen LogP) is 1.61. The first-order valence-electron chi connectivity index (χ1n) is 8.15. The molecule has 0 radical (unpaired) electrons. The molecule has 1 saturated heterocycles.